The lowest BCUT2D eigenvalue weighted by Crippen LogP contribution is -2.13. The van der Waals surface area contributed by atoms with Gasteiger partial charge >= 0.3 is 0 Å². The quantitative estimate of drug-likeness (QED) is 0.0616. The zero-order valence-corrected chi connectivity index (χ0v) is 27.6. The van der Waals surface area contributed by atoms with E-state index in [0.717, 1.165) is 65.5 Å². The molecule has 0 amide bonds. The van der Waals surface area contributed by atoms with Crippen LogP contribution in [0.4, 0.5) is 0 Å². The third-order valence-electron chi connectivity index (χ3n) is 8.66. The van der Waals surface area contributed by atoms with Gasteiger partial charge in [0.15, 0.2) is 5.84 Å². The molecule has 0 aliphatic carbocycles. The molecule has 7 rings (SSSR count). The molecule has 0 N–H and O–H groups in total. The second-order valence-electron chi connectivity index (χ2n) is 11.3. The Morgan fingerprint density at radius 1 is 0.792 bits per heavy atom. The summed E-state index contributed by atoms with van der Waals surface area (Å²) in [4.78, 5) is 28.4. The number of allylic oxidation sites excluding steroid dienone is 4. The third-order valence-corrected chi connectivity index (χ3v) is 8.66. The van der Waals surface area contributed by atoms with Crippen LogP contribution in [0.3, 0.4) is 0 Å². The minimum absolute atomic E-state index is 0.0175. The maximum Gasteiger partial charge on any atom is 0.263 e. The standard InChI is InChI=1S/C40H33N5O.C2H4/c1-6-14-25(4)38(42-24-26(8-3)15-7-2)43-40(41-5)44-34-21-12-11-17-28(34)32-22-36-33(23-35(32)44)30-20-13-19-29-27-16-9-10-18-31(27)39(46)45(36)37(29)30;1-2/h6-23H,1,5,24H2,2-4H3;1-2H2/b15-7-,25-14+,26-8+,42-38?,43-40?;. The van der Waals surface area contributed by atoms with Crippen molar-refractivity contribution in [3.05, 3.63) is 150 Å². The molecule has 0 unspecified atom stereocenters. The molecule has 0 saturated carbocycles. The maximum absolute atomic E-state index is 14.0. The molecule has 7 aromatic rings. The summed E-state index contributed by atoms with van der Waals surface area (Å²) in [5, 5.41) is 6.75. The van der Waals surface area contributed by atoms with Crippen molar-refractivity contribution in [2.45, 2.75) is 20.8 Å². The number of hydrogen-bond donors (Lipinski definition) is 0. The summed E-state index contributed by atoms with van der Waals surface area (Å²) in [7, 11) is 0. The molecule has 0 fully saturated rings. The Morgan fingerprint density at radius 2 is 1.42 bits per heavy atom. The van der Waals surface area contributed by atoms with E-state index in [2.05, 4.69) is 73.9 Å². The van der Waals surface area contributed by atoms with Gasteiger partial charge in [0.2, 0.25) is 5.96 Å². The summed E-state index contributed by atoms with van der Waals surface area (Å²) in [5.41, 5.74) is 5.58. The summed E-state index contributed by atoms with van der Waals surface area (Å²) in [6.07, 6.45) is 9.72. The summed E-state index contributed by atoms with van der Waals surface area (Å²) in [6, 6.07) is 26.6. The number of benzene rings is 4. The largest absolute Gasteiger partial charge is 0.278 e. The minimum atomic E-state index is -0.0175. The Kier molecular flexibility index (Phi) is 8.82. The highest BCUT2D eigenvalue weighted by Gasteiger charge is 2.21. The monoisotopic (exact) mass is 627 g/mol. The summed E-state index contributed by atoms with van der Waals surface area (Å²) >= 11 is 0. The third kappa shape index (κ3) is 5.08. The van der Waals surface area contributed by atoms with Crippen LogP contribution >= 0.6 is 0 Å². The molecule has 0 aliphatic rings. The predicted molar refractivity (Wildman–Crippen MR) is 209 cm³/mol. The zero-order valence-electron chi connectivity index (χ0n) is 27.6. The van der Waals surface area contributed by atoms with Gasteiger partial charge in [0.05, 0.1) is 28.6 Å². The fourth-order valence-electron chi connectivity index (χ4n) is 6.57. The summed E-state index contributed by atoms with van der Waals surface area (Å²) in [5.74, 6) is 0.958. The molecule has 3 heterocycles. The maximum atomic E-state index is 14.0. The van der Waals surface area contributed by atoms with E-state index in [1.54, 1.807) is 6.08 Å². The highest BCUT2D eigenvalue weighted by atomic mass is 16.1. The van der Waals surface area contributed by atoms with E-state index in [0.29, 0.717) is 23.7 Å². The van der Waals surface area contributed by atoms with E-state index in [9.17, 15) is 4.79 Å². The van der Waals surface area contributed by atoms with Gasteiger partial charge in [0, 0.05) is 32.3 Å². The van der Waals surface area contributed by atoms with Crippen LogP contribution in [0.1, 0.15) is 20.8 Å². The second kappa shape index (κ2) is 13.3. The SMILES string of the molecule is C=C.C=C/C=C(\C)C(=NCC(/C=C\C)=C/C)N=C(N=C)n1c2ccccc2c2cc3c(cc21)c1cccc2c4ccccc4c(=O)n3c21. The molecular weight excluding hydrogens is 590 g/mol. The van der Waals surface area contributed by atoms with Crippen LogP contribution in [0.2, 0.25) is 0 Å². The molecular formula is C42H37N5O. The predicted octanol–water partition coefficient (Wildman–Crippen LogP) is 10.1. The van der Waals surface area contributed by atoms with E-state index >= 15 is 0 Å². The number of pyridine rings is 1. The lowest BCUT2D eigenvalue weighted by atomic mass is 10.0. The van der Waals surface area contributed by atoms with Gasteiger partial charge in [0.25, 0.3) is 5.56 Å². The molecule has 0 atom stereocenters. The summed E-state index contributed by atoms with van der Waals surface area (Å²) in [6.45, 7) is 20.3. The van der Waals surface area contributed by atoms with Crippen LogP contribution in [0.25, 0.3) is 59.8 Å². The lowest BCUT2D eigenvalue weighted by molar-refractivity contribution is 1.15. The molecule has 0 radical (unpaired) electrons. The topological polar surface area (TPSA) is 63.5 Å². The molecule has 236 valence electrons. The average Bonchev–Trinajstić information content (AvgIpc) is 3.63. The van der Waals surface area contributed by atoms with Gasteiger partial charge in [-0.25, -0.2) is 4.99 Å². The van der Waals surface area contributed by atoms with Crippen LogP contribution in [-0.4, -0.2) is 34.0 Å². The first-order chi connectivity index (χ1) is 23.5. The van der Waals surface area contributed by atoms with Crippen molar-refractivity contribution < 1.29 is 0 Å². The van der Waals surface area contributed by atoms with Crippen LogP contribution in [-0.2, 0) is 0 Å². The van der Waals surface area contributed by atoms with Crippen LogP contribution in [0, 0.1) is 0 Å². The first-order valence-electron chi connectivity index (χ1n) is 15.8. The Bertz CT molecular complexity index is 2610. The van der Waals surface area contributed by atoms with Crippen molar-refractivity contribution in [3.63, 3.8) is 0 Å². The smallest absolute Gasteiger partial charge is 0.263 e. The van der Waals surface area contributed by atoms with E-state index in [1.807, 2.05) is 90.4 Å². The lowest BCUT2D eigenvalue weighted by Gasteiger charge is -2.09. The number of aromatic nitrogens is 2. The van der Waals surface area contributed by atoms with Crippen molar-refractivity contribution in [1.82, 2.24) is 8.97 Å². The number of hydrogen-bond acceptors (Lipinski definition) is 2. The fraction of sp³-hybridized carbons (Fsp3) is 0.0952. The molecule has 0 aliphatic heterocycles. The first kappa shape index (κ1) is 31.8. The number of para-hydroxylation sites is 2. The summed E-state index contributed by atoms with van der Waals surface area (Å²) < 4.78 is 3.92. The van der Waals surface area contributed by atoms with E-state index in [4.69, 9.17) is 9.98 Å². The number of amidine groups is 1. The normalized spacial score (nSPS) is 13.4. The fourth-order valence-corrected chi connectivity index (χ4v) is 6.57. The van der Waals surface area contributed by atoms with Crippen LogP contribution in [0.15, 0.2) is 160 Å². The second-order valence-corrected chi connectivity index (χ2v) is 11.3. The Labute approximate surface area is 279 Å². The minimum Gasteiger partial charge on any atom is -0.278 e. The number of aliphatic imine (C=N–C) groups is 3. The molecule has 0 spiro atoms. The highest BCUT2D eigenvalue weighted by Crippen LogP contribution is 2.39. The van der Waals surface area contributed by atoms with Crippen molar-refractivity contribution in [1.29, 1.82) is 0 Å². The Balaban J connectivity index is 0.00000197. The molecule has 6 nitrogen and oxygen atoms in total. The van der Waals surface area contributed by atoms with Gasteiger partial charge in [0.1, 0.15) is 0 Å². The zero-order chi connectivity index (χ0) is 33.9. The molecule has 48 heavy (non-hydrogen) atoms. The van der Waals surface area contributed by atoms with Crippen molar-refractivity contribution in [2.75, 3.05) is 6.54 Å². The van der Waals surface area contributed by atoms with Gasteiger partial charge in [-0.2, -0.15) is 4.99 Å². The molecule has 0 bridgehead atoms. The van der Waals surface area contributed by atoms with Gasteiger partial charge < -0.3 is 0 Å². The number of nitrogens with zero attached hydrogens (tertiary/aromatic N) is 5. The van der Waals surface area contributed by atoms with E-state index in [-0.39, 0.29) is 5.56 Å². The average molecular weight is 628 g/mol. The van der Waals surface area contributed by atoms with Crippen LogP contribution < -0.4 is 5.56 Å². The number of fused-ring (bicyclic) bond motifs is 8. The highest BCUT2D eigenvalue weighted by molar-refractivity contribution is 6.25. The first-order valence-corrected chi connectivity index (χ1v) is 15.8. The van der Waals surface area contributed by atoms with Crippen LogP contribution in [0.5, 0.6) is 0 Å². The molecule has 0 saturated heterocycles. The van der Waals surface area contributed by atoms with Crippen molar-refractivity contribution >= 4 is 78.3 Å². The molecule has 6 heteroatoms. The molecule has 4 aromatic carbocycles. The van der Waals surface area contributed by atoms with E-state index in [1.165, 1.54) is 0 Å². The van der Waals surface area contributed by atoms with Gasteiger partial charge in [-0.05, 0) is 68.3 Å². The van der Waals surface area contributed by atoms with E-state index < -0.39 is 0 Å². The molecule has 3 aromatic heterocycles. The number of rotatable bonds is 5. The van der Waals surface area contributed by atoms with Gasteiger partial charge in [-0.15, -0.1) is 13.2 Å². The van der Waals surface area contributed by atoms with Gasteiger partial charge in [-0.1, -0.05) is 91.6 Å². The van der Waals surface area contributed by atoms with Crippen molar-refractivity contribution in [2.24, 2.45) is 15.0 Å². The Morgan fingerprint density at radius 3 is 2.10 bits per heavy atom. The van der Waals surface area contributed by atoms with Gasteiger partial charge in [-0.3, -0.25) is 18.8 Å². The Hall–Kier alpha value is -6.14. The van der Waals surface area contributed by atoms with Crippen molar-refractivity contribution in [3.8, 4) is 0 Å².